The summed E-state index contributed by atoms with van der Waals surface area (Å²) >= 11 is 5.15. The Morgan fingerprint density at radius 2 is 2.21 bits per heavy atom. The highest BCUT2D eigenvalue weighted by molar-refractivity contribution is 7.80. The van der Waals surface area contributed by atoms with Crippen molar-refractivity contribution in [3.8, 4) is 0 Å². The van der Waals surface area contributed by atoms with Crippen LogP contribution >= 0.6 is 12.2 Å². The van der Waals surface area contributed by atoms with Gasteiger partial charge in [0.15, 0.2) is 0 Å². The predicted octanol–water partition coefficient (Wildman–Crippen LogP) is 3.04. The Kier molecular flexibility index (Phi) is 4.75. The fourth-order valence-corrected chi connectivity index (χ4v) is 2.92. The van der Waals surface area contributed by atoms with Crippen LogP contribution in [0.25, 0.3) is 0 Å². The van der Waals surface area contributed by atoms with E-state index < -0.39 is 0 Å². The number of aromatic nitrogens is 1. The topological polar surface area (TPSA) is 42.2 Å². The monoisotopic (exact) mass is 277 g/mol. The van der Waals surface area contributed by atoms with Crippen LogP contribution in [-0.4, -0.2) is 23.1 Å². The summed E-state index contributed by atoms with van der Waals surface area (Å²) in [7, 11) is 0. The van der Waals surface area contributed by atoms with E-state index in [1.54, 1.807) is 0 Å². The third-order valence-corrected chi connectivity index (χ3v) is 4.22. The first-order valence-electron chi connectivity index (χ1n) is 7.14. The number of pyridine rings is 1. The molecule has 1 aromatic heterocycles. The Balaban J connectivity index is 2.25. The van der Waals surface area contributed by atoms with Gasteiger partial charge in [0.05, 0.1) is 5.56 Å². The second-order valence-electron chi connectivity index (χ2n) is 5.38. The smallest absolute Gasteiger partial charge is 0.139 e. The number of hydrogen-bond acceptors (Lipinski definition) is 3. The molecule has 0 aromatic carbocycles. The van der Waals surface area contributed by atoms with Gasteiger partial charge in [0.1, 0.15) is 10.8 Å². The van der Waals surface area contributed by atoms with Crippen molar-refractivity contribution < 1.29 is 0 Å². The molecule has 1 fully saturated rings. The van der Waals surface area contributed by atoms with Crippen molar-refractivity contribution in [2.75, 3.05) is 18.0 Å². The number of anilines is 1. The number of hydrogen-bond donors (Lipinski definition) is 1. The Morgan fingerprint density at radius 1 is 1.42 bits per heavy atom. The molecule has 1 aliphatic heterocycles. The van der Waals surface area contributed by atoms with Crippen molar-refractivity contribution in [3.63, 3.8) is 0 Å². The standard InChI is InChI=1S/C15H23N3S/c1-3-12-5-4-9-18(10-8-12)15-13(14(16)19)7-6-11(2)17-15/h6-7,12H,3-5,8-10H2,1-2H3,(H2,16,19). The molecule has 0 amide bonds. The fraction of sp³-hybridized carbons (Fsp3) is 0.600. The van der Waals surface area contributed by atoms with Crippen molar-refractivity contribution in [2.45, 2.75) is 39.5 Å². The molecule has 4 heteroatoms. The third kappa shape index (κ3) is 3.44. The molecule has 1 aliphatic rings. The lowest BCUT2D eigenvalue weighted by Gasteiger charge is -2.24. The summed E-state index contributed by atoms with van der Waals surface area (Å²) in [5, 5.41) is 0. The zero-order valence-electron chi connectivity index (χ0n) is 11.9. The fourth-order valence-electron chi connectivity index (χ4n) is 2.76. The van der Waals surface area contributed by atoms with Gasteiger partial charge in [-0.2, -0.15) is 0 Å². The molecule has 0 bridgehead atoms. The molecule has 1 unspecified atom stereocenters. The predicted molar refractivity (Wildman–Crippen MR) is 84.7 cm³/mol. The molecular formula is C15H23N3S. The number of aryl methyl sites for hydroxylation is 1. The molecule has 1 saturated heterocycles. The van der Waals surface area contributed by atoms with Crippen LogP contribution in [0.15, 0.2) is 12.1 Å². The molecular weight excluding hydrogens is 254 g/mol. The van der Waals surface area contributed by atoms with Gasteiger partial charge in [-0.1, -0.05) is 25.6 Å². The van der Waals surface area contributed by atoms with Crippen LogP contribution in [0.4, 0.5) is 5.82 Å². The van der Waals surface area contributed by atoms with Crippen molar-refractivity contribution in [2.24, 2.45) is 11.7 Å². The van der Waals surface area contributed by atoms with E-state index in [0.717, 1.165) is 36.1 Å². The second-order valence-corrected chi connectivity index (χ2v) is 5.82. The van der Waals surface area contributed by atoms with Crippen LogP contribution in [0.2, 0.25) is 0 Å². The zero-order chi connectivity index (χ0) is 13.8. The van der Waals surface area contributed by atoms with Gasteiger partial charge in [0.2, 0.25) is 0 Å². The number of nitrogens with two attached hydrogens (primary N) is 1. The number of nitrogens with zero attached hydrogens (tertiary/aromatic N) is 2. The van der Waals surface area contributed by atoms with E-state index in [1.165, 1.54) is 25.7 Å². The van der Waals surface area contributed by atoms with Crippen LogP contribution in [0.3, 0.4) is 0 Å². The normalized spacial score (nSPS) is 20.1. The van der Waals surface area contributed by atoms with E-state index in [1.807, 2.05) is 19.1 Å². The number of thiocarbonyl (C=S) groups is 1. The van der Waals surface area contributed by atoms with Crippen molar-refractivity contribution in [3.05, 3.63) is 23.4 Å². The van der Waals surface area contributed by atoms with E-state index in [4.69, 9.17) is 18.0 Å². The first kappa shape index (κ1) is 14.3. The summed E-state index contributed by atoms with van der Waals surface area (Å²) < 4.78 is 0. The molecule has 2 heterocycles. The van der Waals surface area contributed by atoms with Crippen LogP contribution in [-0.2, 0) is 0 Å². The first-order chi connectivity index (χ1) is 9.11. The summed E-state index contributed by atoms with van der Waals surface area (Å²) in [6, 6.07) is 3.98. The molecule has 2 rings (SSSR count). The summed E-state index contributed by atoms with van der Waals surface area (Å²) in [6.45, 7) is 6.42. The van der Waals surface area contributed by atoms with E-state index in [2.05, 4.69) is 16.8 Å². The molecule has 19 heavy (non-hydrogen) atoms. The maximum atomic E-state index is 5.83. The molecule has 0 aliphatic carbocycles. The minimum absolute atomic E-state index is 0.443. The van der Waals surface area contributed by atoms with Gasteiger partial charge in [-0.15, -0.1) is 0 Å². The van der Waals surface area contributed by atoms with Crippen LogP contribution < -0.4 is 10.6 Å². The van der Waals surface area contributed by atoms with Gasteiger partial charge < -0.3 is 10.6 Å². The molecule has 0 spiro atoms. The molecule has 2 N–H and O–H groups in total. The maximum absolute atomic E-state index is 5.83. The van der Waals surface area contributed by atoms with Gasteiger partial charge in [-0.25, -0.2) is 4.98 Å². The lowest BCUT2D eigenvalue weighted by Crippen LogP contribution is -2.28. The average molecular weight is 277 g/mol. The zero-order valence-corrected chi connectivity index (χ0v) is 12.7. The van der Waals surface area contributed by atoms with Gasteiger partial charge >= 0.3 is 0 Å². The lowest BCUT2D eigenvalue weighted by atomic mass is 9.98. The Labute approximate surface area is 121 Å². The van der Waals surface area contributed by atoms with Crippen LogP contribution in [0.5, 0.6) is 0 Å². The lowest BCUT2D eigenvalue weighted by molar-refractivity contribution is 0.459. The van der Waals surface area contributed by atoms with Crippen molar-refractivity contribution >= 4 is 23.0 Å². The summed E-state index contributed by atoms with van der Waals surface area (Å²) in [6.07, 6.45) is 5.06. The quantitative estimate of drug-likeness (QED) is 0.862. The average Bonchev–Trinajstić information content (AvgIpc) is 2.63. The minimum atomic E-state index is 0.443. The van der Waals surface area contributed by atoms with Gasteiger partial charge in [0, 0.05) is 18.8 Å². The Bertz CT molecular complexity index is 459. The molecule has 1 aromatic rings. The van der Waals surface area contributed by atoms with Crippen molar-refractivity contribution in [1.82, 2.24) is 4.98 Å². The highest BCUT2D eigenvalue weighted by atomic mass is 32.1. The number of rotatable bonds is 3. The molecule has 104 valence electrons. The van der Waals surface area contributed by atoms with E-state index in [9.17, 15) is 0 Å². The highest BCUT2D eigenvalue weighted by Crippen LogP contribution is 2.25. The Morgan fingerprint density at radius 3 is 2.89 bits per heavy atom. The van der Waals surface area contributed by atoms with E-state index in [0.29, 0.717) is 4.99 Å². The first-order valence-corrected chi connectivity index (χ1v) is 7.55. The van der Waals surface area contributed by atoms with Crippen LogP contribution in [0, 0.1) is 12.8 Å². The SMILES string of the molecule is CCC1CCCN(c2nc(C)ccc2C(N)=S)CC1. The second kappa shape index (κ2) is 6.33. The molecule has 1 atom stereocenters. The summed E-state index contributed by atoms with van der Waals surface area (Å²) in [4.78, 5) is 7.47. The minimum Gasteiger partial charge on any atom is -0.389 e. The summed E-state index contributed by atoms with van der Waals surface area (Å²) in [5.41, 5.74) is 7.76. The van der Waals surface area contributed by atoms with E-state index >= 15 is 0 Å². The Hall–Kier alpha value is -1.16. The van der Waals surface area contributed by atoms with Gasteiger partial charge in [-0.3, -0.25) is 0 Å². The third-order valence-electron chi connectivity index (χ3n) is 4.00. The van der Waals surface area contributed by atoms with Gasteiger partial charge in [-0.05, 0) is 44.2 Å². The van der Waals surface area contributed by atoms with Gasteiger partial charge in [0.25, 0.3) is 0 Å². The van der Waals surface area contributed by atoms with Crippen molar-refractivity contribution in [1.29, 1.82) is 0 Å². The highest BCUT2D eigenvalue weighted by Gasteiger charge is 2.19. The van der Waals surface area contributed by atoms with Crippen LogP contribution in [0.1, 0.15) is 43.9 Å². The largest absolute Gasteiger partial charge is 0.389 e. The molecule has 0 saturated carbocycles. The molecule has 0 radical (unpaired) electrons. The maximum Gasteiger partial charge on any atom is 0.139 e. The molecule has 3 nitrogen and oxygen atoms in total. The van der Waals surface area contributed by atoms with E-state index in [-0.39, 0.29) is 0 Å². The summed E-state index contributed by atoms with van der Waals surface area (Å²) in [5.74, 6) is 1.83.